The molecule has 92 valence electrons. The van der Waals surface area contributed by atoms with Crippen molar-refractivity contribution in [2.75, 3.05) is 25.1 Å². The molecule has 0 aromatic carbocycles. The van der Waals surface area contributed by atoms with Crippen molar-refractivity contribution < 1.29 is 14.7 Å². The van der Waals surface area contributed by atoms with Gasteiger partial charge in [-0.15, -0.1) is 0 Å². The number of piperidine rings is 1. The molecule has 1 amide bonds. The molecule has 0 radical (unpaired) electrons. The molecule has 0 aromatic rings. The van der Waals surface area contributed by atoms with E-state index >= 15 is 0 Å². The second kappa shape index (κ2) is 6.78. The van der Waals surface area contributed by atoms with Crippen LogP contribution in [0.25, 0.3) is 0 Å². The molecule has 1 heterocycles. The van der Waals surface area contributed by atoms with Crippen molar-refractivity contribution in [3.05, 3.63) is 0 Å². The number of carboxylic acid groups (broad SMARTS) is 1. The molecule has 1 rings (SSSR count). The van der Waals surface area contributed by atoms with E-state index < -0.39 is 5.97 Å². The molecule has 0 spiro atoms. The van der Waals surface area contributed by atoms with E-state index in [-0.39, 0.29) is 18.2 Å². The predicted molar refractivity (Wildman–Crippen MR) is 64.6 cm³/mol. The van der Waals surface area contributed by atoms with Crippen molar-refractivity contribution in [2.24, 2.45) is 5.92 Å². The van der Waals surface area contributed by atoms with Crippen molar-refractivity contribution in [3.63, 3.8) is 0 Å². The molecular formula is C11H19NO3S. The van der Waals surface area contributed by atoms with Crippen molar-refractivity contribution in [1.29, 1.82) is 0 Å². The zero-order valence-electron chi connectivity index (χ0n) is 9.65. The Balaban J connectivity index is 2.37. The Hall–Kier alpha value is -0.710. The van der Waals surface area contributed by atoms with Gasteiger partial charge in [-0.25, -0.2) is 0 Å². The molecule has 1 aliphatic rings. The maximum Gasteiger partial charge on any atom is 0.303 e. The van der Waals surface area contributed by atoms with Gasteiger partial charge in [-0.3, -0.25) is 9.59 Å². The topological polar surface area (TPSA) is 57.6 Å². The Bertz CT molecular complexity index is 258. The Kier molecular flexibility index (Phi) is 5.66. The monoisotopic (exact) mass is 245 g/mol. The normalized spacial score (nSPS) is 20.8. The van der Waals surface area contributed by atoms with Crippen LogP contribution in [0, 0.1) is 5.92 Å². The van der Waals surface area contributed by atoms with Gasteiger partial charge in [0, 0.05) is 31.7 Å². The molecule has 0 bridgehead atoms. The number of aliphatic carboxylic acids is 1. The molecular weight excluding hydrogens is 226 g/mol. The Morgan fingerprint density at radius 1 is 1.50 bits per heavy atom. The zero-order chi connectivity index (χ0) is 12.0. The standard InChI is InChI=1S/C11H19NO3S/c1-16-6-4-10(13)12-5-2-3-9(8-12)7-11(14)15/h9H,2-8H2,1H3,(H,14,15). The first kappa shape index (κ1) is 13.4. The first-order valence-corrected chi connectivity index (χ1v) is 7.01. The van der Waals surface area contributed by atoms with E-state index in [0.717, 1.165) is 25.1 Å². The van der Waals surface area contributed by atoms with Gasteiger partial charge in [0.2, 0.25) is 5.91 Å². The van der Waals surface area contributed by atoms with Crippen LogP contribution < -0.4 is 0 Å². The number of carboxylic acids is 1. The smallest absolute Gasteiger partial charge is 0.303 e. The molecule has 1 saturated heterocycles. The average Bonchev–Trinajstić information content (AvgIpc) is 2.25. The van der Waals surface area contributed by atoms with Crippen molar-refractivity contribution in [2.45, 2.75) is 25.7 Å². The molecule has 1 aliphatic heterocycles. The lowest BCUT2D eigenvalue weighted by molar-refractivity contribution is -0.140. The van der Waals surface area contributed by atoms with Crippen LogP contribution >= 0.6 is 11.8 Å². The molecule has 16 heavy (non-hydrogen) atoms. The second-order valence-electron chi connectivity index (χ2n) is 4.19. The van der Waals surface area contributed by atoms with Crippen LogP contribution in [0.1, 0.15) is 25.7 Å². The number of carbonyl (C=O) groups excluding carboxylic acids is 1. The summed E-state index contributed by atoms with van der Waals surface area (Å²) in [7, 11) is 0. The highest BCUT2D eigenvalue weighted by Crippen LogP contribution is 2.20. The van der Waals surface area contributed by atoms with Crippen LogP contribution in [-0.2, 0) is 9.59 Å². The summed E-state index contributed by atoms with van der Waals surface area (Å²) in [5, 5.41) is 8.73. The van der Waals surface area contributed by atoms with Gasteiger partial charge in [-0.05, 0) is 25.0 Å². The van der Waals surface area contributed by atoms with E-state index in [4.69, 9.17) is 5.11 Å². The maximum absolute atomic E-state index is 11.8. The summed E-state index contributed by atoms with van der Waals surface area (Å²) in [5.41, 5.74) is 0. The van der Waals surface area contributed by atoms with Crippen LogP contribution in [0.3, 0.4) is 0 Å². The van der Waals surface area contributed by atoms with Gasteiger partial charge in [0.15, 0.2) is 0 Å². The fourth-order valence-electron chi connectivity index (χ4n) is 2.05. The summed E-state index contributed by atoms with van der Waals surface area (Å²) in [4.78, 5) is 24.2. The Morgan fingerprint density at radius 2 is 2.25 bits per heavy atom. The van der Waals surface area contributed by atoms with E-state index in [9.17, 15) is 9.59 Å². The minimum absolute atomic E-state index is 0.143. The summed E-state index contributed by atoms with van der Waals surface area (Å²) in [6.07, 6.45) is 4.60. The lowest BCUT2D eigenvalue weighted by atomic mass is 9.95. The van der Waals surface area contributed by atoms with Gasteiger partial charge in [0.1, 0.15) is 0 Å². The summed E-state index contributed by atoms with van der Waals surface area (Å²) >= 11 is 1.66. The number of amides is 1. The molecule has 1 N–H and O–H groups in total. The van der Waals surface area contributed by atoms with Gasteiger partial charge in [0.05, 0.1) is 0 Å². The van der Waals surface area contributed by atoms with Crippen LogP contribution in [0.2, 0.25) is 0 Å². The zero-order valence-corrected chi connectivity index (χ0v) is 10.5. The number of hydrogen-bond acceptors (Lipinski definition) is 3. The summed E-state index contributed by atoms with van der Waals surface area (Å²) < 4.78 is 0. The second-order valence-corrected chi connectivity index (χ2v) is 5.17. The highest BCUT2D eigenvalue weighted by molar-refractivity contribution is 7.98. The van der Waals surface area contributed by atoms with Crippen molar-refractivity contribution in [3.8, 4) is 0 Å². The Labute approximate surface area is 100 Å². The SMILES string of the molecule is CSCCC(=O)N1CCCC(CC(=O)O)C1. The quantitative estimate of drug-likeness (QED) is 0.796. The number of rotatable bonds is 5. The van der Waals surface area contributed by atoms with E-state index in [1.165, 1.54) is 0 Å². The van der Waals surface area contributed by atoms with Gasteiger partial charge >= 0.3 is 5.97 Å². The maximum atomic E-state index is 11.8. The number of thioether (sulfide) groups is 1. The molecule has 1 fully saturated rings. The van der Waals surface area contributed by atoms with E-state index in [2.05, 4.69) is 0 Å². The van der Waals surface area contributed by atoms with E-state index in [1.807, 2.05) is 11.2 Å². The molecule has 1 atom stereocenters. The number of carbonyl (C=O) groups is 2. The Morgan fingerprint density at radius 3 is 2.88 bits per heavy atom. The lowest BCUT2D eigenvalue weighted by Gasteiger charge is -2.32. The lowest BCUT2D eigenvalue weighted by Crippen LogP contribution is -2.40. The van der Waals surface area contributed by atoms with Gasteiger partial charge in [0.25, 0.3) is 0 Å². The third-order valence-electron chi connectivity index (χ3n) is 2.86. The molecule has 5 heteroatoms. The minimum atomic E-state index is -0.761. The number of hydrogen-bond donors (Lipinski definition) is 1. The van der Waals surface area contributed by atoms with Gasteiger partial charge in [-0.1, -0.05) is 0 Å². The molecule has 0 aliphatic carbocycles. The molecule has 4 nitrogen and oxygen atoms in total. The fourth-order valence-corrected chi connectivity index (χ4v) is 2.43. The van der Waals surface area contributed by atoms with E-state index in [0.29, 0.717) is 13.0 Å². The van der Waals surface area contributed by atoms with E-state index in [1.54, 1.807) is 11.8 Å². The number of likely N-dealkylation sites (tertiary alicyclic amines) is 1. The highest BCUT2D eigenvalue weighted by atomic mass is 32.2. The number of nitrogens with zero attached hydrogens (tertiary/aromatic N) is 1. The van der Waals surface area contributed by atoms with Gasteiger partial charge < -0.3 is 10.0 Å². The van der Waals surface area contributed by atoms with Crippen molar-refractivity contribution >= 4 is 23.6 Å². The average molecular weight is 245 g/mol. The van der Waals surface area contributed by atoms with Crippen molar-refractivity contribution in [1.82, 2.24) is 4.90 Å². The van der Waals surface area contributed by atoms with Crippen LogP contribution in [-0.4, -0.2) is 47.0 Å². The van der Waals surface area contributed by atoms with Gasteiger partial charge in [-0.2, -0.15) is 11.8 Å². The minimum Gasteiger partial charge on any atom is -0.481 e. The molecule has 0 saturated carbocycles. The summed E-state index contributed by atoms with van der Waals surface area (Å²) in [5.74, 6) is 0.399. The largest absolute Gasteiger partial charge is 0.481 e. The van der Waals surface area contributed by atoms with Crippen LogP contribution in [0.5, 0.6) is 0 Å². The highest BCUT2D eigenvalue weighted by Gasteiger charge is 2.24. The van der Waals surface area contributed by atoms with Crippen LogP contribution in [0.15, 0.2) is 0 Å². The first-order chi connectivity index (χ1) is 7.63. The molecule has 1 unspecified atom stereocenters. The first-order valence-electron chi connectivity index (χ1n) is 5.62. The fraction of sp³-hybridized carbons (Fsp3) is 0.818. The third-order valence-corrected chi connectivity index (χ3v) is 3.47. The summed E-state index contributed by atoms with van der Waals surface area (Å²) in [6.45, 7) is 1.42. The predicted octanol–water partition coefficient (Wildman–Crippen LogP) is 1.45. The molecule has 0 aromatic heterocycles. The third kappa shape index (κ3) is 4.43. The summed E-state index contributed by atoms with van der Waals surface area (Å²) in [6, 6.07) is 0. The van der Waals surface area contributed by atoms with Crippen LogP contribution in [0.4, 0.5) is 0 Å².